The van der Waals surface area contributed by atoms with E-state index in [1.807, 2.05) is 0 Å². The molecule has 0 radical (unpaired) electrons. The van der Waals surface area contributed by atoms with Crippen molar-refractivity contribution in [3.8, 4) is 0 Å². The van der Waals surface area contributed by atoms with Crippen LogP contribution in [0.15, 0.2) is 15.9 Å². The minimum atomic E-state index is -2.75. The number of H-pyrrole nitrogens is 1. The third-order valence-corrected chi connectivity index (χ3v) is 1.78. The molecule has 0 bridgehead atoms. The third kappa shape index (κ3) is 0.851. The fourth-order valence-corrected chi connectivity index (χ4v) is 1.06. The highest BCUT2D eigenvalue weighted by molar-refractivity contribution is 5.68. The molecule has 0 aliphatic rings. The van der Waals surface area contributed by atoms with Crippen molar-refractivity contribution in [2.24, 2.45) is 14.0 Å². The summed E-state index contributed by atoms with van der Waals surface area (Å²) in [6.45, 7) is -2.75. The molecule has 0 aliphatic heterocycles. The van der Waals surface area contributed by atoms with Gasteiger partial charge in [0.1, 0.15) is 5.52 Å². The summed E-state index contributed by atoms with van der Waals surface area (Å²) in [5.74, 6) is 0. The van der Waals surface area contributed by atoms with Crippen LogP contribution in [0.25, 0.3) is 11.2 Å². The molecule has 68 valence electrons. The Balaban J connectivity index is 3.14. The standard InChI is InChI=1S/C7H8N4O2/c1-10-5-4(8-3-9-5)6(12)11(2)7(10)13/h3H,1-2H3,(H,8,9)/i1D3/hD. The highest BCUT2D eigenvalue weighted by Gasteiger charge is 2.08. The van der Waals surface area contributed by atoms with Gasteiger partial charge >= 0.3 is 5.69 Å². The summed E-state index contributed by atoms with van der Waals surface area (Å²) < 4.78 is 30.2. The average molecular weight is 184 g/mol. The lowest BCUT2D eigenvalue weighted by atomic mass is 10.5. The molecule has 0 atom stereocenters. The van der Waals surface area contributed by atoms with Crippen LogP contribution in [0.5, 0.6) is 0 Å². The maximum Gasteiger partial charge on any atom is 0.332 e. The quantitative estimate of drug-likeness (QED) is 0.568. The first-order valence-corrected chi connectivity index (χ1v) is 3.44. The van der Waals surface area contributed by atoms with Gasteiger partial charge in [-0.25, -0.2) is 9.78 Å². The summed E-state index contributed by atoms with van der Waals surface area (Å²) in [6, 6.07) is 0. The Labute approximate surface area is 78.1 Å². The molecular weight excluding hydrogens is 172 g/mol. The Morgan fingerprint density at radius 3 is 3.08 bits per heavy atom. The molecule has 0 saturated heterocycles. The van der Waals surface area contributed by atoms with Crippen LogP contribution in [0.2, 0.25) is 1.41 Å². The Morgan fingerprint density at radius 2 is 2.38 bits per heavy atom. The number of nitrogens with zero attached hydrogens (tertiary/aromatic N) is 3. The number of aromatic nitrogens is 4. The van der Waals surface area contributed by atoms with E-state index in [2.05, 4.69) is 4.98 Å². The fourth-order valence-electron chi connectivity index (χ4n) is 1.06. The van der Waals surface area contributed by atoms with Gasteiger partial charge in [-0.3, -0.25) is 13.9 Å². The van der Waals surface area contributed by atoms with Gasteiger partial charge in [0.2, 0.25) is 0 Å². The zero-order valence-corrected chi connectivity index (χ0v) is 6.68. The molecule has 2 aromatic rings. The number of aromatic amines is 1. The van der Waals surface area contributed by atoms with Crippen molar-refractivity contribution in [2.75, 3.05) is 0 Å². The van der Waals surface area contributed by atoms with Gasteiger partial charge in [-0.05, 0) is 0 Å². The number of nitrogens with one attached hydrogen (secondary N) is 1. The van der Waals surface area contributed by atoms with Crippen molar-refractivity contribution in [1.82, 2.24) is 19.1 Å². The Bertz CT molecular complexity index is 707. The predicted octanol–water partition coefficient (Wildman–Crippen LogP) is -1.04. The molecule has 0 aliphatic carbocycles. The van der Waals surface area contributed by atoms with Crippen molar-refractivity contribution >= 4 is 11.2 Å². The Hall–Kier alpha value is -1.85. The monoisotopic (exact) mass is 184 g/mol. The van der Waals surface area contributed by atoms with E-state index in [0.29, 0.717) is 14.1 Å². The van der Waals surface area contributed by atoms with E-state index in [4.69, 9.17) is 5.52 Å². The van der Waals surface area contributed by atoms with Crippen molar-refractivity contribution in [3.05, 3.63) is 27.2 Å². The highest BCUT2D eigenvalue weighted by Crippen LogP contribution is 1.97. The van der Waals surface area contributed by atoms with Crippen LogP contribution in [-0.2, 0) is 14.0 Å². The van der Waals surface area contributed by atoms with Gasteiger partial charge in [-0.2, -0.15) is 0 Å². The zero-order valence-electron chi connectivity index (χ0n) is 10.7. The van der Waals surface area contributed by atoms with Crippen molar-refractivity contribution in [3.63, 3.8) is 0 Å². The molecule has 2 rings (SSSR count). The van der Waals surface area contributed by atoms with E-state index in [0.717, 1.165) is 13.4 Å². The van der Waals surface area contributed by atoms with Gasteiger partial charge < -0.3 is 4.98 Å². The van der Waals surface area contributed by atoms with Gasteiger partial charge in [0.15, 0.2) is 7.06 Å². The van der Waals surface area contributed by atoms with Crippen LogP contribution < -0.4 is 11.2 Å². The second kappa shape index (κ2) is 2.32. The molecule has 2 aromatic heterocycles. The molecule has 1 N–H and O–H groups in total. The van der Waals surface area contributed by atoms with Crippen LogP contribution in [0.3, 0.4) is 0 Å². The molecule has 0 unspecified atom stereocenters. The summed E-state index contributed by atoms with van der Waals surface area (Å²) in [5, 5.41) is 0. The predicted molar refractivity (Wildman–Crippen MR) is 46.6 cm³/mol. The zero-order chi connectivity index (χ0) is 13.0. The molecule has 0 aromatic carbocycles. The van der Waals surface area contributed by atoms with Crippen molar-refractivity contribution in [1.29, 1.82) is 0 Å². The van der Waals surface area contributed by atoms with Crippen LogP contribution in [0.4, 0.5) is 0 Å². The van der Waals surface area contributed by atoms with Gasteiger partial charge in [-0.15, -0.1) is 0 Å². The Kier molecular flexibility index (Phi) is 0.785. The normalized spacial score (nSPS) is 16.4. The highest BCUT2D eigenvalue weighted by atomic mass is 16.2. The van der Waals surface area contributed by atoms with E-state index >= 15 is 0 Å². The van der Waals surface area contributed by atoms with E-state index in [-0.39, 0.29) is 11.2 Å². The summed E-state index contributed by atoms with van der Waals surface area (Å²) in [4.78, 5) is 27.7. The molecule has 0 amide bonds. The third-order valence-electron chi connectivity index (χ3n) is 1.78. The van der Waals surface area contributed by atoms with Crippen LogP contribution in [0, 0.1) is 0 Å². The van der Waals surface area contributed by atoms with Gasteiger partial charge in [0.05, 0.1) is 6.33 Å². The van der Waals surface area contributed by atoms with Crippen molar-refractivity contribution < 1.29 is 5.52 Å². The van der Waals surface area contributed by atoms with E-state index in [1.54, 1.807) is 0 Å². The summed E-state index contributed by atoms with van der Waals surface area (Å²) in [5.41, 5.74) is -2.30. The van der Waals surface area contributed by atoms with Gasteiger partial charge in [-0.1, -0.05) is 0 Å². The van der Waals surface area contributed by atoms with E-state index in [9.17, 15) is 9.59 Å². The summed E-state index contributed by atoms with van der Waals surface area (Å²) in [6.07, 6.45) is 0.966. The molecule has 0 saturated carbocycles. The minimum Gasteiger partial charge on any atom is -0.339 e. The SMILES string of the molecule is [2H]n1cnc2c1c(=O)n(C)c(=O)n2C([2H])([2H])[2H]. The molecular formula is C7H8N4O2. The molecule has 6 heteroatoms. The smallest absolute Gasteiger partial charge is 0.332 e. The maximum atomic E-state index is 11.7. The number of aryl methyl sites for hydroxylation is 1. The second-order valence-corrected chi connectivity index (χ2v) is 2.53. The largest absolute Gasteiger partial charge is 0.339 e. The first-order chi connectivity index (χ1) is 7.75. The van der Waals surface area contributed by atoms with Gasteiger partial charge in [0, 0.05) is 18.1 Å². The number of imidazole rings is 1. The van der Waals surface area contributed by atoms with Crippen LogP contribution in [-0.4, -0.2) is 19.1 Å². The van der Waals surface area contributed by atoms with Crippen molar-refractivity contribution in [2.45, 2.75) is 0 Å². The second-order valence-electron chi connectivity index (χ2n) is 2.53. The first kappa shape index (κ1) is 4.40. The number of hydrogen-bond acceptors (Lipinski definition) is 3. The average Bonchev–Trinajstić information content (AvgIpc) is 2.55. The molecule has 2 heterocycles. The molecule has 6 nitrogen and oxygen atoms in total. The molecule has 0 spiro atoms. The molecule has 13 heavy (non-hydrogen) atoms. The lowest BCUT2D eigenvalue weighted by molar-refractivity contribution is 0.709. The minimum absolute atomic E-state index is 0.247. The number of hydrogen-bond donors (Lipinski definition) is 1. The number of fused-ring (bicyclic) bond motifs is 1. The van der Waals surface area contributed by atoms with E-state index in [1.165, 1.54) is 0 Å². The fraction of sp³-hybridized carbons (Fsp3) is 0.286. The topological polar surface area (TPSA) is 72.7 Å². The number of rotatable bonds is 0. The summed E-state index contributed by atoms with van der Waals surface area (Å²) in [7, 11) is 1.15. The lowest BCUT2D eigenvalue weighted by Crippen LogP contribution is -2.36. The molecule has 0 fully saturated rings. The van der Waals surface area contributed by atoms with E-state index < -0.39 is 18.2 Å². The lowest BCUT2D eigenvalue weighted by Gasteiger charge is -2.00. The Morgan fingerprint density at radius 1 is 1.62 bits per heavy atom. The maximum absolute atomic E-state index is 11.7. The first-order valence-electron chi connectivity index (χ1n) is 5.38. The van der Waals surface area contributed by atoms with Gasteiger partial charge in [0.25, 0.3) is 5.56 Å². The summed E-state index contributed by atoms with van der Waals surface area (Å²) >= 11 is 0. The van der Waals surface area contributed by atoms with Crippen LogP contribution in [0.1, 0.15) is 4.11 Å². The van der Waals surface area contributed by atoms with Crippen LogP contribution >= 0.6 is 0 Å².